The summed E-state index contributed by atoms with van der Waals surface area (Å²) in [6.45, 7) is 6.54. The second-order valence-corrected chi connectivity index (χ2v) is 4.03. The van der Waals surface area contributed by atoms with E-state index in [1.54, 1.807) is 6.92 Å². The highest BCUT2D eigenvalue weighted by Crippen LogP contribution is 2.21. The third-order valence-corrected chi connectivity index (χ3v) is 2.64. The Morgan fingerprint density at radius 1 is 1.69 bits per heavy atom. The summed E-state index contributed by atoms with van der Waals surface area (Å²) in [4.78, 5) is 21.4. The zero-order valence-electron chi connectivity index (χ0n) is 7.78. The van der Waals surface area contributed by atoms with Crippen molar-refractivity contribution in [1.29, 1.82) is 0 Å². The Kier molecular flexibility index (Phi) is 5.51. The van der Waals surface area contributed by atoms with Crippen LogP contribution in [0.25, 0.3) is 0 Å². The van der Waals surface area contributed by atoms with Crippen LogP contribution in [0.2, 0.25) is 0 Å². The molecule has 0 amide bonds. The van der Waals surface area contributed by atoms with E-state index in [2.05, 4.69) is 6.58 Å². The molecule has 74 valence electrons. The average molecular weight is 204 g/mol. The minimum atomic E-state index is -2.52. The highest BCUT2D eigenvalue weighted by atomic mass is 31.1. The van der Waals surface area contributed by atoms with E-state index in [0.717, 1.165) is 0 Å². The first-order valence-corrected chi connectivity index (χ1v) is 5.19. The smallest absolute Gasteiger partial charge is 0.333 e. The van der Waals surface area contributed by atoms with Gasteiger partial charge in [-0.25, -0.2) is 4.79 Å². The van der Waals surface area contributed by atoms with Gasteiger partial charge in [0, 0.05) is 5.57 Å². The molecule has 0 aromatic rings. The van der Waals surface area contributed by atoms with Gasteiger partial charge in [-0.3, -0.25) is 0 Å². The van der Waals surface area contributed by atoms with Crippen LogP contribution in [0.4, 0.5) is 0 Å². The first-order valence-electron chi connectivity index (χ1n) is 3.95. The van der Waals surface area contributed by atoms with Gasteiger partial charge in [-0.15, -0.1) is 0 Å². The van der Waals surface area contributed by atoms with Crippen LogP contribution in [0.1, 0.15) is 20.3 Å². The van der Waals surface area contributed by atoms with E-state index in [9.17, 15) is 14.3 Å². The van der Waals surface area contributed by atoms with Crippen LogP contribution in [0.15, 0.2) is 12.2 Å². The summed E-state index contributed by atoms with van der Waals surface area (Å²) in [5.41, 5.74) is -0.311. The molecule has 5 heteroatoms. The molecule has 0 aromatic carbocycles. The van der Waals surface area contributed by atoms with E-state index in [1.165, 1.54) is 6.92 Å². The van der Waals surface area contributed by atoms with Gasteiger partial charge < -0.3 is 9.63 Å². The van der Waals surface area contributed by atoms with Gasteiger partial charge in [-0.1, -0.05) is 18.1 Å². The summed E-state index contributed by atoms with van der Waals surface area (Å²) in [6.07, 6.45) is 0.447. The standard InChI is InChI=1S/C8H13O4P/c1-4-7(13(10)11)5-12-8(9)6(2)3/h7H,2,4-5H2,1,3H3. The van der Waals surface area contributed by atoms with Crippen molar-refractivity contribution in [2.75, 3.05) is 6.61 Å². The molecule has 0 aliphatic heterocycles. The molecule has 0 saturated heterocycles. The lowest BCUT2D eigenvalue weighted by Crippen LogP contribution is -2.18. The molecule has 13 heavy (non-hydrogen) atoms. The molecule has 4 nitrogen and oxygen atoms in total. The van der Waals surface area contributed by atoms with Gasteiger partial charge in [-0.2, -0.15) is 0 Å². The molecule has 0 aliphatic carbocycles. The van der Waals surface area contributed by atoms with E-state index in [-0.39, 0.29) is 12.2 Å². The van der Waals surface area contributed by atoms with Gasteiger partial charge in [0.05, 0.1) is 0 Å². The van der Waals surface area contributed by atoms with Crippen LogP contribution >= 0.6 is 8.03 Å². The fraction of sp³-hybridized carbons (Fsp3) is 0.625. The molecule has 0 fully saturated rings. The number of carbonyl (C=O) groups excluding carboxylic acids is 1. The SMILES string of the molecule is C=C(C)C(=O)OCC(CC)[P+](=O)[O-]. The summed E-state index contributed by atoms with van der Waals surface area (Å²) >= 11 is 0. The first kappa shape index (κ1) is 12.3. The van der Waals surface area contributed by atoms with Gasteiger partial charge in [0.15, 0.2) is 5.66 Å². The van der Waals surface area contributed by atoms with Crippen molar-refractivity contribution in [1.82, 2.24) is 0 Å². The Balaban J connectivity index is 3.92. The van der Waals surface area contributed by atoms with Crippen LogP contribution in [0.3, 0.4) is 0 Å². The lowest BCUT2D eigenvalue weighted by Gasteiger charge is -2.07. The van der Waals surface area contributed by atoms with E-state index in [1.807, 2.05) is 0 Å². The van der Waals surface area contributed by atoms with E-state index >= 15 is 0 Å². The summed E-state index contributed by atoms with van der Waals surface area (Å²) in [7, 11) is -2.52. The maximum atomic E-state index is 10.9. The number of esters is 1. The Morgan fingerprint density at radius 3 is 2.54 bits per heavy atom. The number of ether oxygens (including phenoxy) is 1. The van der Waals surface area contributed by atoms with Crippen molar-refractivity contribution in [3.05, 3.63) is 12.2 Å². The van der Waals surface area contributed by atoms with E-state index < -0.39 is 19.7 Å². The normalized spacial score (nSPS) is 13.3. The highest BCUT2D eigenvalue weighted by Gasteiger charge is 2.21. The Morgan fingerprint density at radius 2 is 2.23 bits per heavy atom. The number of carbonyl (C=O) groups is 1. The van der Waals surface area contributed by atoms with Crippen LogP contribution in [0, 0.1) is 0 Å². The number of hydrogen-bond acceptors (Lipinski definition) is 4. The van der Waals surface area contributed by atoms with Crippen LogP contribution in [-0.2, 0) is 14.1 Å². The molecular formula is C8H13O4P. The van der Waals surface area contributed by atoms with Crippen molar-refractivity contribution >= 4 is 14.0 Å². The van der Waals surface area contributed by atoms with Gasteiger partial charge in [0.1, 0.15) is 6.61 Å². The predicted molar refractivity (Wildman–Crippen MR) is 47.5 cm³/mol. The van der Waals surface area contributed by atoms with Crippen molar-refractivity contribution in [2.24, 2.45) is 0 Å². The topological polar surface area (TPSA) is 66.4 Å². The molecule has 0 rings (SSSR count). The molecule has 0 N–H and O–H groups in total. The molecule has 0 heterocycles. The fourth-order valence-electron chi connectivity index (χ4n) is 0.623. The second-order valence-electron chi connectivity index (χ2n) is 2.73. The Bertz CT molecular complexity index is 224. The largest absolute Gasteiger partial charge is 0.595 e. The first-order chi connectivity index (χ1) is 5.99. The molecule has 0 saturated carbocycles. The number of rotatable bonds is 5. The van der Waals surface area contributed by atoms with E-state index in [4.69, 9.17) is 4.74 Å². The zero-order chi connectivity index (χ0) is 10.4. The van der Waals surface area contributed by atoms with Gasteiger partial charge in [-0.05, 0) is 13.3 Å². The third-order valence-electron chi connectivity index (χ3n) is 1.52. The van der Waals surface area contributed by atoms with Crippen LogP contribution < -0.4 is 4.89 Å². The lowest BCUT2D eigenvalue weighted by molar-refractivity contribution is -0.167. The van der Waals surface area contributed by atoms with Crippen molar-refractivity contribution in [2.45, 2.75) is 25.9 Å². The van der Waals surface area contributed by atoms with Gasteiger partial charge in [0.2, 0.25) is 0 Å². The van der Waals surface area contributed by atoms with Gasteiger partial charge >= 0.3 is 14.0 Å². The zero-order valence-corrected chi connectivity index (χ0v) is 8.67. The molecule has 0 radical (unpaired) electrons. The molecule has 0 spiro atoms. The number of hydrogen-bond donors (Lipinski definition) is 0. The van der Waals surface area contributed by atoms with E-state index in [0.29, 0.717) is 6.42 Å². The van der Waals surface area contributed by atoms with Crippen LogP contribution in [-0.4, -0.2) is 18.2 Å². The monoisotopic (exact) mass is 204 g/mol. The molecule has 0 aromatic heterocycles. The Hall–Kier alpha value is -0.730. The Labute approximate surface area is 78.5 Å². The van der Waals surface area contributed by atoms with Crippen molar-refractivity contribution in [3.63, 3.8) is 0 Å². The summed E-state index contributed by atoms with van der Waals surface area (Å²) < 4.78 is 15.2. The summed E-state index contributed by atoms with van der Waals surface area (Å²) in [5, 5.41) is 0. The minimum absolute atomic E-state index is 0.0824. The molecular weight excluding hydrogens is 191 g/mol. The fourth-order valence-corrected chi connectivity index (χ4v) is 1.12. The quantitative estimate of drug-likeness (QED) is 0.380. The maximum Gasteiger partial charge on any atom is 0.333 e. The molecule has 0 aliphatic rings. The molecule has 0 bridgehead atoms. The van der Waals surface area contributed by atoms with Gasteiger partial charge in [0.25, 0.3) is 0 Å². The predicted octanol–water partition coefficient (Wildman–Crippen LogP) is 0.987. The third kappa shape index (κ3) is 4.76. The second kappa shape index (κ2) is 5.84. The van der Waals surface area contributed by atoms with Crippen molar-refractivity contribution < 1.29 is 19.0 Å². The summed E-state index contributed by atoms with van der Waals surface area (Å²) in [5.74, 6) is -0.546. The highest BCUT2D eigenvalue weighted by molar-refractivity contribution is 7.37. The minimum Gasteiger partial charge on any atom is -0.595 e. The average Bonchev–Trinajstić information content (AvgIpc) is 2.04. The lowest BCUT2D eigenvalue weighted by atomic mass is 10.3. The summed E-state index contributed by atoms with van der Waals surface area (Å²) in [6, 6.07) is 0. The maximum absolute atomic E-state index is 10.9. The van der Waals surface area contributed by atoms with Crippen molar-refractivity contribution in [3.8, 4) is 0 Å². The molecule has 2 unspecified atom stereocenters. The van der Waals surface area contributed by atoms with Crippen LogP contribution in [0.5, 0.6) is 0 Å². The molecule has 2 atom stereocenters.